The van der Waals surface area contributed by atoms with E-state index < -0.39 is 0 Å². The van der Waals surface area contributed by atoms with E-state index in [4.69, 9.17) is 4.74 Å². The molecule has 0 aliphatic carbocycles. The molecule has 0 bridgehead atoms. The number of hydrogen-bond acceptors (Lipinski definition) is 3. The predicted octanol–water partition coefficient (Wildman–Crippen LogP) is 2.43. The van der Waals surface area contributed by atoms with E-state index in [9.17, 15) is 10.2 Å². The zero-order valence-corrected chi connectivity index (χ0v) is 11.6. The van der Waals surface area contributed by atoms with E-state index in [1.165, 1.54) is 0 Å². The maximum Gasteiger partial charge on any atom is 0.119 e. The summed E-state index contributed by atoms with van der Waals surface area (Å²) in [5.41, 5.74) is 2.11. The second-order valence-electron chi connectivity index (χ2n) is 4.79. The van der Waals surface area contributed by atoms with Crippen molar-refractivity contribution in [3.05, 3.63) is 65.7 Å². The van der Waals surface area contributed by atoms with Gasteiger partial charge in [-0.25, -0.2) is 0 Å². The Morgan fingerprint density at radius 2 is 1.55 bits per heavy atom. The van der Waals surface area contributed by atoms with Crippen LogP contribution in [0.2, 0.25) is 0 Å². The lowest BCUT2D eigenvalue weighted by Crippen LogP contribution is -2.21. The van der Waals surface area contributed by atoms with Gasteiger partial charge in [-0.2, -0.15) is 0 Å². The van der Waals surface area contributed by atoms with Crippen molar-refractivity contribution in [1.82, 2.24) is 0 Å². The highest BCUT2D eigenvalue weighted by atomic mass is 16.5. The maximum atomic E-state index is 9.55. The minimum atomic E-state index is -0.232. The van der Waals surface area contributed by atoms with Gasteiger partial charge < -0.3 is 14.9 Å². The second-order valence-corrected chi connectivity index (χ2v) is 4.79. The summed E-state index contributed by atoms with van der Waals surface area (Å²) in [4.78, 5) is 0. The molecular weight excluding hydrogens is 252 g/mol. The minimum Gasteiger partial charge on any atom is -0.497 e. The zero-order valence-electron chi connectivity index (χ0n) is 11.6. The van der Waals surface area contributed by atoms with Crippen LogP contribution in [0, 0.1) is 5.92 Å². The Kier molecular flexibility index (Phi) is 5.16. The van der Waals surface area contributed by atoms with E-state index >= 15 is 0 Å². The van der Waals surface area contributed by atoms with Gasteiger partial charge in [0, 0.05) is 25.0 Å². The summed E-state index contributed by atoms with van der Waals surface area (Å²) >= 11 is 0. The maximum absolute atomic E-state index is 9.55. The molecule has 3 nitrogen and oxygen atoms in total. The molecule has 2 aromatic rings. The molecule has 0 unspecified atom stereocenters. The van der Waals surface area contributed by atoms with Crippen molar-refractivity contribution in [3.8, 4) is 5.75 Å². The summed E-state index contributed by atoms with van der Waals surface area (Å²) in [7, 11) is 1.63. The molecule has 2 rings (SSSR count). The molecule has 2 N–H and O–H groups in total. The lowest BCUT2D eigenvalue weighted by atomic mass is 9.81. The Morgan fingerprint density at radius 3 is 2.15 bits per heavy atom. The second kappa shape index (κ2) is 7.08. The van der Waals surface area contributed by atoms with Crippen molar-refractivity contribution in [2.24, 2.45) is 5.92 Å². The first-order valence-electron chi connectivity index (χ1n) is 6.70. The summed E-state index contributed by atoms with van der Waals surface area (Å²) in [6.07, 6.45) is 0. The summed E-state index contributed by atoms with van der Waals surface area (Å²) in [6, 6.07) is 17.7. The molecule has 0 radical (unpaired) electrons. The van der Waals surface area contributed by atoms with Crippen LogP contribution in [0.25, 0.3) is 0 Å². The summed E-state index contributed by atoms with van der Waals surface area (Å²) in [5, 5.41) is 19.1. The van der Waals surface area contributed by atoms with Gasteiger partial charge in [-0.3, -0.25) is 0 Å². The lowest BCUT2D eigenvalue weighted by Gasteiger charge is -2.25. The number of methoxy groups -OCH3 is 1. The molecule has 0 spiro atoms. The molecule has 20 heavy (non-hydrogen) atoms. The van der Waals surface area contributed by atoms with Crippen LogP contribution in [0.1, 0.15) is 17.0 Å². The number of aliphatic hydroxyl groups excluding tert-OH is 2. The molecule has 0 aromatic heterocycles. The third-order valence-electron chi connectivity index (χ3n) is 3.55. The van der Waals surface area contributed by atoms with Crippen molar-refractivity contribution in [2.45, 2.75) is 5.92 Å². The third kappa shape index (κ3) is 3.18. The van der Waals surface area contributed by atoms with Crippen LogP contribution >= 0.6 is 0 Å². The van der Waals surface area contributed by atoms with Crippen LogP contribution in [0.4, 0.5) is 0 Å². The normalized spacial score (nSPS) is 12.4. The van der Waals surface area contributed by atoms with E-state index in [-0.39, 0.29) is 25.0 Å². The van der Waals surface area contributed by atoms with Gasteiger partial charge in [0.2, 0.25) is 0 Å². The van der Waals surface area contributed by atoms with Gasteiger partial charge in [-0.1, -0.05) is 42.5 Å². The minimum absolute atomic E-state index is 0.0544. The number of benzene rings is 2. The van der Waals surface area contributed by atoms with E-state index in [1.807, 2.05) is 54.6 Å². The molecule has 1 atom stereocenters. The van der Waals surface area contributed by atoms with E-state index in [1.54, 1.807) is 7.11 Å². The van der Waals surface area contributed by atoms with E-state index in [0.717, 1.165) is 16.9 Å². The Balaban J connectivity index is 2.45. The molecule has 2 aromatic carbocycles. The van der Waals surface area contributed by atoms with Crippen LogP contribution < -0.4 is 4.74 Å². The van der Waals surface area contributed by atoms with Crippen LogP contribution in [0.3, 0.4) is 0 Å². The Bertz CT molecular complexity index is 521. The largest absolute Gasteiger partial charge is 0.497 e. The SMILES string of the molecule is COc1cccc([C@@H](c2ccccc2)C(CO)CO)c1. The van der Waals surface area contributed by atoms with Gasteiger partial charge in [0.25, 0.3) is 0 Å². The molecule has 0 heterocycles. The average Bonchev–Trinajstić information content (AvgIpc) is 2.53. The highest BCUT2D eigenvalue weighted by molar-refractivity contribution is 5.38. The standard InChI is InChI=1S/C17H20O3/c1-20-16-9-5-8-14(10-16)17(15(11-18)12-19)13-6-3-2-4-7-13/h2-10,15,17-19H,11-12H2,1H3/t17-/m1/s1. The molecule has 0 aliphatic rings. The third-order valence-corrected chi connectivity index (χ3v) is 3.55. The molecule has 0 saturated heterocycles. The fourth-order valence-corrected chi connectivity index (χ4v) is 2.50. The lowest BCUT2D eigenvalue weighted by molar-refractivity contribution is 0.138. The first kappa shape index (κ1) is 14.6. The average molecular weight is 272 g/mol. The van der Waals surface area contributed by atoms with Gasteiger partial charge >= 0.3 is 0 Å². The quantitative estimate of drug-likeness (QED) is 0.849. The Hall–Kier alpha value is -1.84. The first-order chi connectivity index (χ1) is 9.80. The summed E-state index contributed by atoms with van der Waals surface area (Å²) in [6.45, 7) is -0.124. The van der Waals surface area contributed by atoms with Crippen molar-refractivity contribution in [1.29, 1.82) is 0 Å². The molecule has 0 amide bonds. The highest BCUT2D eigenvalue weighted by Crippen LogP contribution is 2.33. The molecule has 0 fully saturated rings. The van der Waals surface area contributed by atoms with Crippen molar-refractivity contribution in [2.75, 3.05) is 20.3 Å². The van der Waals surface area contributed by atoms with Gasteiger partial charge in [0.1, 0.15) is 5.75 Å². The van der Waals surface area contributed by atoms with Crippen molar-refractivity contribution in [3.63, 3.8) is 0 Å². The number of rotatable bonds is 6. The molecule has 3 heteroatoms. The predicted molar refractivity (Wildman–Crippen MR) is 78.9 cm³/mol. The Labute approximate surface area is 119 Å². The summed E-state index contributed by atoms with van der Waals surface area (Å²) < 4.78 is 5.26. The molecule has 106 valence electrons. The van der Waals surface area contributed by atoms with Crippen LogP contribution in [-0.2, 0) is 0 Å². The zero-order chi connectivity index (χ0) is 14.4. The Morgan fingerprint density at radius 1 is 0.900 bits per heavy atom. The van der Waals surface area contributed by atoms with Crippen molar-refractivity contribution < 1.29 is 14.9 Å². The molecular formula is C17H20O3. The number of ether oxygens (including phenoxy) is 1. The molecule has 0 saturated carbocycles. The van der Waals surface area contributed by atoms with Gasteiger partial charge in [-0.05, 0) is 23.3 Å². The smallest absolute Gasteiger partial charge is 0.119 e. The summed E-state index contributed by atoms with van der Waals surface area (Å²) in [5.74, 6) is 0.490. The van der Waals surface area contributed by atoms with Crippen LogP contribution in [-0.4, -0.2) is 30.5 Å². The van der Waals surface area contributed by atoms with E-state index in [0.29, 0.717) is 0 Å². The first-order valence-corrected chi connectivity index (χ1v) is 6.70. The fourth-order valence-electron chi connectivity index (χ4n) is 2.50. The monoisotopic (exact) mass is 272 g/mol. The number of hydrogen-bond donors (Lipinski definition) is 2. The highest BCUT2D eigenvalue weighted by Gasteiger charge is 2.24. The van der Waals surface area contributed by atoms with Gasteiger partial charge in [0.05, 0.1) is 7.11 Å². The van der Waals surface area contributed by atoms with E-state index in [2.05, 4.69) is 0 Å². The number of aliphatic hydroxyl groups is 2. The topological polar surface area (TPSA) is 49.7 Å². The fraction of sp³-hybridized carbons (Fsp3) is 0.294. The molecule has 0 aliphatic heterocycles. The van der Waals surface area contributed by atoms with Crippen molar-refractivity contribution >= 4 is 0 Å². The van der Waals surface area contributed by atoms with Crippen LogP contribution in [0.15, 0.2) is 54.6 Å². The van der Waals surface area contributed by atoms with Gasteiger partial charge in [0.15, 0.2) is 0 Å². The van der Waals surface area contributed by atoms with Gasteiger partial charge in [-0.15, -0.1) is 0 Å². The van der Waals surface area contributed by atoms with Crippen LogP contribution in [0.5, 0.6) is 5.75 Å².